The van der Waals surface area contributed by atoms with Crippen LogP contribution >= 0.6 is 11.6 Å². The molecule has 0 atom stereocenters. The normalized spacial score (nSPS) is 10.1. The van der Waals surface area contributed by atoms with Crippen molar-refractivity contribution >= 4 is 23.5 Å². The Labute approximate surface area is 97.5 Å². The number of halogens is 1. The van der Waals surface area contributed by atoms with Gasteiger partial charge in [0, 0.05) is 11.4 Å². The van der Waals surface area contributed by atoms with Crippen molar-refractivity contribution in [2.24, 2.45) is 0 Å². The summed E-state index contributed by atoms with van der Waals surface area (Å²) in [5.41, 5.74) is 1.29. The van der Waals surface area contributed by atoms with E-state index in [0.29, 0.717) is 22.6 Å². The second-order valence-corrected chi connectivity index (χ2v) is 3.81. The second-order valence-electron chi connectivity index (χ2n) is 3.38. The van der Waals surface area contributed by atoms with Gasteiger partial charge in [-0.05, 0) is 29.7 Å². The molecule has 0 spiro atoms. The fourth-order valence-electron chi connectivity index (χ4n) is 1.40. The molecule has 1 rings (SSSR count). The zero-order chi connectivity index (χ0) is 12.1. The maximum absolute atomic E-state index is 10.6. The molecule has 16 heavy (non-hydrogen) atoms. The standard InChI is InChI=1S/C11H11ClO4/c12-9-3-1-8(6-11(15)16)7(5-9)2-4-10(13)14/h1,3,5H,2,4,6H2,(H,13,14)(H,15,16). The number of carboxylic acid groups (broad SMARTS) is 2. The minimum Gasteiger partial charge on any atom is -0.481 e. The number of carboxylic acids is 2. The molecule has 0 radical (unpaired) electrons. The van der Waals surface area contributed by atoms with Crippen LogP contribution in [-0.4, -0.2) is 22.2 Å². The molecule has 0 heterocycles. The van der Waals surface area contributed by atoms with E-state index < -0.39 is 11.9 Å². The van der Waals surface area contributed by atoms with Crippen molar-refractivity contribution in [1.82, 2.24) is 0 Å². The van der Waals surface area contributed by atoms with E-state index in [4.69, 9.17) is 21.8 Å². The Hall–Kier alpha value is -1.55. The molecule has 0 aliphatic heterocycles. The Balaban J connectivity index is 2.89. The van der Waals surface area contributed by atoms with E-state index in [0.717, 1.165) is 0 Å². The van der Waals surface area contributed by atoms with Gasteiger partial charge in [-0.15, -0.1) is 0 Å². The molecule has 0 fully saturated rings. The minimum absolute atomic E-state index is 0.0348. The molecule has 0 unspecified atom stereocenters. The zero-order valence-corrected chi connectivity index (χ0v) is 9.20. The van der Waals surface area contributed by atoms with Crippen molar-refractivity contribution in [2.45, 2.75) is 19.3 Å². The van der Waals surface area contributed by atoms with Gasteiger partial charge in [0.25, 0.3) is 0 Å². The summed E-state index contributed by atoms with van der Waals surface area (Å²) in [6.07, 6.45) is 0.136. The third-order valence-corrected chi connectivity index (χ3v) is 2.35. The van der Waals surface area contributed by atoms with Crippen LogP contribution in [0.1, 0.15) is 17.5 Å². The van der Waals surface area contributed by atoms with Gasteiger partial charge in [-0.3, -0.25) is 9.59 Å². The molecule has 5 heteroatoms. The van der Waals surface area contributed by atoms with E-state index in [1.807, 2.05) is 0 Å². The maximum Gasteiger partial charge on any atom is 0.307 e. The predicted octanol–water partition coefficient (Wildman–Crippen LogP) is 1.98. The summed E-state index contributed by atoms with van der Waals surface area (Å²) in [6.45, 7) is 0. The topological polar surface area (TPSA) is 74.6 Å². The molecule has 86 valence electrons. The Morgan fingerprint density at radius 3 is 2.38 bits per heavy atom. The van der Waals surface area contributed by atoms with Crippen LogP contribution < -0.4 is 0 Å². The van der Waals surface area contributed by atoms with Crippen LogP contribution in [0.3, 0.4) is 0 Å². The Bertz CT molecular complexity index is 414. The van der Waals surface area contributed by atoms with E-state index in [2.05, 4.69) is 0 Å². The molecule has 0 aliphatic rings. The third kappa shape index (κ3) is 3.90. The average molecular weight is 243 g/mol. The van der Waals surface area contributed by atoms with Crippen LogP contribution in [0.5, 0.6) is 0 Å². The molecule has 0 bridgehead atoms. The lowest BCUT2D eigenvalue weighted by Crippen LogP contribution is -2.05. The monoisotopic (exact) mass is 242 g/mol. The highest BCUT2D eigenvalue weighted by Gasteiger charge is 2.09. The molecule has 0 amide bonds. The van der Waals surface area contributed by atoms with Gasteiger partial charge in [-0.25, -0.2) is 0 Å². The first-order valence-corrected chi connectivity index (χ1v) is 5.07. The maximum atomic E-state index is 10.6. The van der Waals surface area contributed by atoms with E-state index in [1.165, 1.54) is 0 Å². The van der Waals surface area contributed by atoms with Gasteiger partial charge >= 0.3 is 11.9 Å². The highest BCUT2D eigenvalue weighted by Crippen LogP contribution is 2.18. The molecular formula is C11H11ClO4. The lowest BCUT2D eigenvalue weighted by molar-refractivity contribution is -0.137. The van der Waals surface area contributed by atoms with E-state index in [-0.39, 0.29) is 12.8 Å². The lowest BCUT2D eigenvalue weighted by atomic mass is 10.0. The van der Waals surface area contributed by atoms with Gasteiger partial charge in [-0.2, -0.15) is 0 Å². The van der Waals surface area contributed by atoms with Gasteiger partial charge in [0.1, 0.15) is 0 Å². The summed E-state index contributed by atoms with van der Waals surface area (Å²) in [5, 5.41) is 17.7. The molecule has 1 aromatic carbocycles. The smallest absolute Gasteiger partial charge is 0.307 e. The molecule has 0 saturated carbocycles. The number of hydrogen-bond acceptors (Lipinski definition) is 2. The van der Waals surface area contributed by atoms with Crippen LogP contribution in [0.25, 0.3) is 0 Å². The summed E-state index contributed by atoms with van der Waals surface area (Å²) in [7, 11) is 0. The van der Waals surface area contributed by atoms with Crippen molar-refractivity contribution in [3.63, 3.8) is 0 Å². The fourth-order valence-corrected chi connectivity index (χ4v) is 1.60. The Morgan fingerprint density at radius 1 is 1.12 bits per heavy atom. The molecule has 0 saturated heterocycles. The van der Waals surface area contributed by atoms with Crippen molar-refractivity contribution in [3.05, 3.63) is 34.3 Å². The summed E-state index contributed by atoms with van der Waals surface area (Å²) in [4.78, 5) is 21.0. The third-order valence-electron chi connectivity index (χ3n) is 2.12. The van der Waals surface area contributed by atoms with E-state index >= 15 is 0 Å². The van der Waals surface area contributed by atoms with E-state index in [9.17, 15) is 9.59 Å². The molecule has 0 aromatic heterocycles. The largest absolute Gasteiger partial charge is 0.481 e. The lowest BCUT2D eigenvalue weighted by Gasteiger charge is -2.07. The van der Waals surface area contributed by atoms with Crippen LogP contribution in [0.2, 0.25) is 5.02 Å². The van der Waals surface area contributed by atoms with Crippen LogP contribution in [-0.2, 0) is 22.4 Å². The summed E-state index contributed by atoms with van der Waals surface area (Å²) in [6, 6.07) is 4.83. The van der Waals surface area contributed by atoms with Crippen molar-refractivity contribution in [1.29, 1.82) is 0 Å². The first-order chi connectivity index (χ1) is 7.49. The van der Waals surface area contributed by atoms with Crippen LogP contribution in [0.4, 0.5) is 0 Å². The Morgan fingerprint density at radius 2 is 1.81 bits per heavy atom. The second kappa shape index (κ2) is 5.51. The average Bonchev–Trinajstić information content (AvgIpc) is 2.17. The quantitative estimate of drug-likeness (QED) is 0.828. The number of hydrogen-bond donors (Lipinski definition) is 2. The number of rotatable bonds is 5. The fraction of sp³-hybridized carbons (Fsp3) is 0.273. The van der Waals surface area contributed by atoms with Crippen molar-refractivity contribution < 1.29 is 19.8 Å². The van der Waals surface area contributed by atoms with Crippen molar-refractivity contribution in [3.8, 4) is 0 Å². The Kier molecular flexibility index (Phi) is 4.31. The van der Waals surface area contributed by atoms with Gasteiger partial charge in [0.05, 0.1) is 6.42 Å². The molecular weight excluding hydrogens is 232 g/mol. The van der Waals surface area contributed by atoms with Crippen LogP contribution in [0.15, 0.2) is 18.2 Å². The van der Waals surface area contributed by atoms with Gasteiger partial charge < -0.3 is 10.2 Å². The van der Waals surface area contributed by atoms with Gasteiger partial charge in [0.15, 0.2) is 0 Å². The predicted molar refractivity (Wildman–Crippen MR) is 58.7 cm³/mol. The SMILES string of the molecule is O=C(O)CCc1cc(Cl)ccc1CC(=O)O. The molecule has 4 nitrogen and oxygen atoms in total. The zero-order valence-electron chi connectivity index (χ0n) is 8.44. The first-order valence-electron chi connectivity index (χ1n) is 4.70. The van der Waals surface area contributed by atoms with Crippen LogP contribution in [0, 0.1) is 0 Å². The van der Waals surface area contributed by atoms with E-state index in [1.54, 1.807) is 18.2 Å². The summed E-state index contributed by atoms with van der Waals surface area (Å²) < 4.78 is 0. The molecule has 1 aromatic rings. The number of benzene rings is 1. The number of aryl methyl sites for hydroxylation is 1. The van der Waals surface area contributed by atoms with Gasteiger partial charge in [0.2, 0.25) is 0 Å². The number of carbonyl (C=O) groups is 2. The minimum atomic E-state index is -0.945. The number of aliphatic carboxylic acids is 2. The molecule has 2 N–H and O–H groups in total. The van der Waals surface area contributed by atoms with Gasteiger partial charge in [-0.1, -0.05) is 17.7 Å². The summed E-state index contributed by atoms with van der Waals surface area (Å²) in [5.74, 6) is -1.86. The molecule has 0 aliphatic carbocycles. The highest BCUT2D eigenvalue weighted by atomic mass is 35.5. The van der Waals surface area contributed by atoms with Crippen molar-refractivity contribution in [2.75, 3.05) is 0 Å². The summed E-state index contributed by atoms with van der Waals surface area (Å²) >= 11 is 5.77. The first kappa shape index (κ1) is 12.5. The highest BCUT2D eigenvalue weighted by molar-refractivity contribution is 6.30.